The predicted molar refractivity (Wildman–Crippen MR) is 261 cm³/mol. The summed E-state index contributed by atoms with van der Waals surface area (Å²) in [6.45, 7) is 0. The third-order valence-corrected chi connectivity index (χ3v) is 12.5. The van der Waals surface area contributed by atoms with Gasteiger partial charge in [-0.15, -0.1) is 0 Å². The van der Waals surface area contributed by atoms with Crippen molar-refractivity contribution in [2.24, 2.45) is 0 Å². The van der Waals surface area contributed by atoms with Crippen molar-refractivity contribution < 1.29 is 4.42 Å². The number of pyridine rings is 1. The molecule has 0 spiro atoms. The van der Waals surface area contributed by atoms with Crippen LogP contribution in [0.5, 0.6) is 0 Å². The Morgan fingerprint density at radius 2 is 1.00 bits per heavy atom. The largest absolute Gasteiger partial charge is 0.454 e. The lowest BCUT2D eigenvalue weighted by molar-refractivity contribution is 0.667. The number of benzene rings is 9. The number of aromatic nitrogens is 5. The molecule has 13 aromatic rings. The second kappa shape index (κ2) is 14.4. The van der Waals surface area contributed by atoms with Gasteiger partial charge in [0.2, 0.25) is 0 Å². The van der Waals surface area contributed by atoms with Crippen LogP contribution >= 0.6 is 0 Å². The summed E-state index contributed by atoms with van der Waals surface area (Å²) in [4.78, 5) is 20.0. The number of hydrogen-bond donors (Lipinski definition) is 0. The summed E-state index contributed by atoms with van der Waals surface area (Å²) in [5, 5.41) is 9.29. The Bertz CT molecular complexity index is 3960. The summed E-state index contributed by atoms with van der Waals surface area (Å²) in [6.07, 6.45) is 3.55. The molecule has 4 heterocycles. The van der Waals surface area contributed by atoms with Gasteiger partial charge in [-0.2, -0.15) is 0 Å². The first-order valence-electron chi connectivity index (χ1n) is 21.4. The van der Waals surface area contributed by atoms with Crippen LogP contribution < -0.4 is 0 Å². The van der Waals surface area contributed by atoms with Gasteiger partial charge in [-0.05, 0) is 98.4 Å². The minimum atomic E-state index is 0.558. The molecular formula is C58H35N5O. The second-order valence-electron chi connectivity index (χ2n) is 16.3. The molecule has 0 aliphatic carbocycles. The minimum Gasteiger partial charge on any atom is -0.454 e. The van der Waals surface area contributed by atoms with Crippen LogP contribution in [0, 0.1) is 0 Å². The van der Waals surface area contributed by atoms with E-state index in [0.717, 1.165) is 71.8 Å². The number of fused-ring (bicyclic) bond motifs is 9. The third-order valence-electron chi connectivity index (χ3n) is 12.5. The Balaban J connectivity index is 0.955. The Morgan fingerprint density at radius 3 is 1.86 bits per heavy atom. The average Bonchev–Trinajstić information content (AvgIpc) is 3.92. The smallest absolute Gasteiger partial charge is 0.164 e. The molecule has 0 bridgehead atoms. The molecule has 0 saturated heterocycles. The summed E-state index contributed by atoms with van der Waals surface area (Å²) < 4.78 is 8.66. The molecule has 64 heavy (non-hydrogen) atoms. The van der Waals surface area contributed by atoms with Gasteiger partial charge in [-0.3, -0.25) is 4.98 Å². The van der Waals surface area contributed by atoms with Crippen molar-refractivity contribution in [3.05, 3.63) is 213 Å². The Morgan fingerprint density at radius 1 is 0.359 bits per heavy atom. The van der Waals surface area contributed by atoms with Crippen molar-refractivity contribution in [3.63, 3.8) is 0 Å². The zero-order chi connectivity index (χ0) is 42.1. The van der Waals surface area contributed by atoms with E-state index in [4.69, 9.17) is 19.4 Å². The van der Waals surface area contributed by atoms with Crippen LogP contribution in [0.2, 0.25) is 0 Å². The molecule has 9 aromatic carbocycles. The summed E-state index contributed by atoms with van der Waals surface area (Å²) >= 11 is 0. The van der Waals surface area contributed by atoms with Crippen LogP contribution in [-0.2, 0) is 0 Å². The predicted octanol–water partition coefficient (Wildman–Crippen LogP) is 14.9. The molecule has 0 radical (unpaired) electrons. The lowest BCUT2D eigenvalue weighted by Crippen LogP contribution is -2.01. The van der Waals surface area contributed by atoms with E-state index in [0.29, 0.717) is 17.5 Å². The summed E-state index contributed by atoms with van der Waals surface area (Å²) in [6, 6.07) is 70.7. The van der Waals surface area contributed by atoms with Crippen molar-refractivity contribution in [1.82, 2.24) is 24.5 Å². The highest BCUT2D eigenvalue weighted by atomic mass is 16.3. The fourth-order valence-corrected chi connectivity index (χ4v) is 9.46. The minimum absolute atomic E-state index is 0.558. The van der Waals surface area contributed by atoms with Crippen LogP contribution in [0.15, 0.2) is 217 Å². The maximum atomic E-state index is 6.28. The topological polar surface area (TPSA) is 69.6 Å². The monoisotopic (exact) mass is 817 g/mol. The lowest BCUT2D eigenvalue weighted by Gasteiger charge is -2.13. The van der Waals surface area contributed by atoms with Gasteiger partial charge in [0.25, 0.3) is 0 Å². The second-order valence-corrected chi connectivity index (χ2v) is 16.3. The van der Waals surface area contributed by atoms with Crippen LogP contribution in [0.3, 0.4) is 0 Å². The number of furan rings is 1. The molecule has 0 amide bonds. The zero-order valence-electron chi connectivity index (χ0n) is 34.4. The van der Waals surface area contributed by atoms with Gasteiger partial charge < -0.3 is 8.98 Å². The van der Waals surface area contributed by atoms with E-state index in [1.165, 1.54) is 38.1 Å². The molecule has 13 rings (SSSR count). The number of rotatable bonds is 6. The van der Waals surface area contributed by atoms with E-state index in [-0.39, 0.29) is 0 Å². The number of para-hydroxylation sites is 1. The zero-order valence-corrected chi connectivity index (χ0v) is 34.4. The Kier molecular flexibility index (Phi) is 8.11. The molecule has 6 nitrogen and oxygen atoms in total. The summed E-state index contributed by atoms with van der Waals surface area (Å²) in [5.74, 6) is 1.73. The maximum absolute atomic E-state index is 6.28. The molecule has 0 saturated carbocycles. The molecule has 0 atom stereocenters. The highest BCUT2D eigenvalue weighted by molar-refractivity contribution is 6.21. The highest BCUT2D eigenvalue weighted by Gasteiger charge is 2.19. The third kappa shape index (κ3) is 5.88. The van der Waals surface area contributed by atoms with E-state index in [1.807, 2.05) is 24.3 Å². The van der Waals surface area contributed by atoms with Gasteiger partial charge in [0.05, 0.1) is 17.2 Å². The van der Waals surface area contributed by atoms with Crippen LogP contribution in [-0.4, -0.2) is 24.5 Å². The van der Waals surface area contributed by atoms with E-state index in [2.05, 4.69) is 185 Å². The number of nitrogens with zero attached hydrogens (tertiary/aromatic N) is 5. The summed E-state index contributed by atoms with van der Waals surface area (Å²) in [5.41, 5.74) is 12.0. The maximum Gasteiger partial charge on any atom is 0.164 e. The van der Waals surface area contributed by atoms with Crippen LogP contribution in [0.4, 0.5) is 0 Å². The quantitative estimate of drug-likeness (QED) is 0.167. The van der Waals surface area contributed by atoms with Gasteiger partial charge in [-0.1, -0.05) is 146 Å². The molecular weight excluding hydrogens is 783 g/mol. The van der Waals surface area contributed by atoms with E-state index in [9.17, 15) is 0 Å². The molecule has 4 aromatic heterocycles. The van der Waals surface area contributed by atoms with Gasteiger partial charge in [0, 0.05) is 50.1 Å². The molecule has 0 N–H and O–H groups in total. The average molecular weight is 818 g/mol. The summed E-state index contributed by atoms with van der Waals surface area (Å²) in [7, 11) is 0. The van der Waals surface area contributed by atoms with Crippen molar-refractivity contribution in [3.8, 4) is 62.1 Å². The van der Waals surface area contributed by atoms with Gasteiger partial charge in [0.1, 0.15) is 5.58 Å². The van der Waals surface area contributed by atoms with Crippen molar-refractivity contribution >= 4 is 65.3 Å². The van der Waals surface area contributed by atoms with Crippen molar-refractivity contribution in [2.75, 3.05) is 0 Å². The van der Waals surface area contributed by atoms with Gasteiger partial charge in [-0.25, -0.2) is 15.0 Å². The molecule has 0 aliphatic heterocycles. The standard InChI is InChI=1S/C58H35N5O/c1-2-10-36(11-3-1)40-20-18-37-19-21-41(33-43(37)32-40)56-60-57(42-24-28-47-48-30-31-59-35-54(48)64-53(47)34-42)62-58(61-56)49-15-7-6-13-45(49)39-22-26-44(27-23-39)63-51-17-9-8-16-50(51)55-46-14-5-4-12-38(46)25-29-52(55)63/h1-35H. The fourth-order valence-electron chi connectivity index (χ4n) is 9.46. The first-order chi connectivity index (χ1) is 31.7. The van der Waals surface area contributed by atoms with E-state index < -0.39 is 0 Å². The van der Waals surface area contributed by atoms with Gasteiger partial charge >= 0.3 is 0 Å². The normalized spacial score (nSPS) is 11.8. The Hall–Kier alpha value is -8.74. The first kappa shape index (κ1) is 36.0. The van der Waals surface area contributed by atoms with E-state index in [1.54, 1.807) is 12.4 Å². The number of hydrogen-bond acceptors (Lipinski definition) is 5. The molecule has 0 aliphatic rings. The SMILES string of the molecule is c1ccc(-c2ccc3ccc(-c4nc(-c5ccc6c(c5)oc5cnccc56)nc(-c5ccccc5-c5ccc(-n6c7ccccc7c7c8ccccc8ccc76)cc5)n4)cc3c2)cc1. The molecule has 298 valence electrons. The van der Waals surface area contributed by atoms with Gasteiger partial charge in [0.15, 0.2) is 23.1 Å². The molecule has 6 heteroatoms. The highest BCUT2D eigenvalue weighted by Crippen LogP contribution is 2.39. The lowest BCUT2D eigenvalue weighted by atomic mass is 9.98. The van der Waals surface area contributed by atoms with Crippen LogP contribution in [0.25, 0.3) is 127 Å². The Labute approximate surface area is 367 Å². The van der Waals surface area contributed by atoms with E-state index >= 15 is 0 Å². The fraction of sp³-hybridized carbons (Fsp3) is 0. The molecule has 0 unspecified atom stereocenters. The van der Waals surface area contributed by atoms with Crippen LogP contribution in [0.1, 0.15) is 0 Å². The van der Waals surface area contributed by atoms with Crippen molar-refractivity contribution in [1.29, 1.82) is 0 Å². The van der Waals surface area contributed by atoms with Crippen molar-refractivity contribution in [2.45, 2.75) is 0 Å². The molecule has 0 fully saturated rings. The first-order valence-corrected chi connectivity index (χ1v) is 21.4.